The summed E-state index contributed by atoms with van der Waals surface area (Å²) in [5.74, 6) is 0.480. The van der Waals surface area contributed by atoms with Crippen LogP contribution in [0.5, 0.6) is 0 Å². The van der Waals surface area contributed by atoms with Crippen molar-refractivity contribution in [1.82, 2.24) is 4.98 Å². The Kier molecular flexibility index (Phi) is 6.47. The Morgan fingerprint density at radius 3 is 2.59 bits per heavy atom. The van der Waals surface area contributed by atoms with Crippen molar-refractivity contribution < 1.29 is 4.79 Å². The molecule has 1 aromatic heterocycles. The van der Waals surface area contributed by atoms with Crippen molar-refractivity contribution in [3.05, 3.63) is 86.3 Å². The van der Waals surface area contributed by atoms with E-state index in [1.54, 1.807) is 29.2 Å². The lowest BCUT2D eigenvalue weighted by Crippen LogP contribution is -2.12. The molecule has 29 heavy (non-hydrogen) atoms. The summed E-state index contributed by atoms with van der Waals surface area (Å²) in [7, 11) is 0. The van der Waals surface area contributed by atoms with E-state index < -0.39 is 0 Å². The Balaban J connectivity index is 1.50. The molecule has 0 aliphatic heterocycles. The van der Waals surface area contributed by atoms with Gasteiger partial charge in [-0.3, -0.25) is 4.79 Å². The van der Waals surface area contributed by atoms with Gasteiger partial charge in [-0.25, -0.2) is 4.98 Å². The maximum absolute atomic E-state index is 12.5. The van der Waals surface area contributed by atoms with Crippen molar-refractivity contribution in [2.75, 3.05) is 5.32 Å². The summed E-state index contributed by atoms with van der Waals surface area (Å²) in [4.78, 5) is 17.2. The minimum Gasteiger partial charge on any atom is -0.322 e. The van der Waals surface area contributed by atoms with E-state index in [9.17, 15) is 4.79 Å². The van der Waals surface area contributed by atoms with E-state index in [1.807, 2.05) is 54.6 Å². The van der Waals surface area contributed by atoms with Gasteiger partial charge in [0, 0.05) is 26.0 Å². The lowest BCUT2D eigenvalue weighted by Gasteiger charge is -2.06. The van der Waals surface area contributed by atoms with E-state index in [1.165, 1.54) is 0 Å². The third-order valence-corrected chi connectivity index (χ3v) is 7.73. The van der Waals surface area contributed by atoms with Crippen LogP contribution in [-0.4, -0.2) is 10.9 Å². The summed E-state index contributed by atoms with van der Waals surface area (Å²) in [5, 5.41) is 4.25. The number of hydrogen-bond acceptors (Lipinski definition) is 4. The molecule has 0 saturated heterocycles. The number of fused-ring (bicyclic) bond motifs is 1. The zero-order valence-corrected chi connectivity index (χ0v) is 19.5. The van der Waals surface area contributed by atoms with Crippen LogP contribution < -0.4 is 5.32 Å². The number of thiazole rings is 1. The van der Waals surface area contributed by atoms with Gasteiger partial charge in [0.05, 0.1) is 15.8 Å². The highest BCUT2D eigenvalue weighted by molar-refractivity contribution is 9.10. The molecular formula is C21H13BrCl2N2OS2. The van der Waals surface area contributed by atoms with Crippen LogP contribution in [0, 0.1) is 0 Å². The maximum Gasteiger partial charge on any atom is 0.256 e. The minimum atomic E-state index is -0.163. The monoisotopic (exact) mass is 522 g/mol. The third kappa shape index (κ3) is 4.78. The number of nitrogens with zero attached hydrogens (tertiary/aromatic N) is 1. The van der Waals surface area contributed by atoms with Gasteiger partial charge < -0.3 is 5.32 Å². The Morgan fingerprint density at radius 2 is 1.83 bits per heavy atom. The van der Waals surface area contributed by atoms with E-state index in [-0.39, 0.29) is 5.91 Å². The number of carbonyl (C=O) groups excluding carboxylic acids is 1. The topological polar surface area (TPSA) is 42.0 Å². The molecule has 0 fully saturated rings. The number of hydrogen-bond donors (Lipinski definition) is 1. The van der Waals surface area contributed by atoms with Gasteiger partial charge in [0.1, 0.15) is 0 Å². The highest BCUT2D eigenvalue weighted by atomic mass is 79.9. The van der Waals surface area contributed by atoms with Gasteiger partial charge in [-0.05, 0) is 64.0 Å². The Labute approximate surface area is 194 Å². The van der Waals surface area contributed by atoms with E-state index in [2.05, 4.69) is 26.2 Å². The molecule has 1 amide bonds. The maximum atomic E-state index is 12.5. The fourth-order valence-electron chi connectivity index (χ4n) is 2.69. The number of thioether (sulfide) groups is 1. The van der Waals surface area contributed by atoms with Crippen LogP contribution in [0.2, 0.25) is 10.0 Å². The number of nitrogens with one attached hydrogen (secondary N) is 1. The molecule has 1 N–H and O–H groups in total. The van der Waals surface area contributed by atoms with Gasteiger partial charge in [-0.15, -0.1) is 11.3 Å². The molecular weight excluding hydrogens is 511 g/mol. The molecule has 0 aliphatic rings. The molecule has 0 aliphatic carbocycles. The highest BCUT2D eigenvalue weighted by Crippen LogP contribution is 2.36. The lowest BCUT2D eigenvalue weighted by molar-refractivity contribution is 0.102. The molecule has 0 radical (unpaired) electrons. The van der Waals surface area contributed by atoms with Gasteiger partial charge in [-0.1, -0.05) is 53.2 Å². The average molecular weight is 524 g/mol. The van der Waals surface area contributed by atoms with Crippen LogP contribution in [0.25, 0.3) is 10.2 Å². The molecule has 8 heteroatoms. The number of amides is 1. The van der Waals surface area contributed by atoms with Gasteiger partial charge in [0.15, 0.2) is 4.34 Å². The van der Waals surface area contributed by atoms with Crippen LogP contribution in [0.4, 0.5) is 5.69 Å². The number of halogens is 3. The van der Waals surface area contributed by atoms with Crippen molar-refractivity contribution in [2.24, 2.45) is 0 Å². The fourth-order valence-corrected chi connectivity index (χ4v) is 6.01. The first-order valence-electron chi connectivity index (χ1n) is 8.53. The molecule has 4 aromatic rings. The van der Waals surface area contributed by atoms with Crippen molar-refractivity contribution in [1.29, 1.82) is 0 Å². The summed E-state index contributed by atoms with van der Waals surface area (Å²) < 4.78 is 2.68. The summed E-state index contributed by atoms with van der Waals surface area (Å²) in [6, 6.07) is 18.5. The number of rotatable bonds is 5. The number of anilines is 1. The molecule has 146 valence electrons. The van der Waals surface area contributed by atoms with Crippen LogP contribution >= 0.6 is 62.2 Å². The van der Waals surface area contributed by atoms with Crippen molar-refractivity contribution >= 4 is 84.0 Å². The fraction of sp³-hybridized carbons (Fsp3) is 0.0476. The molecule has 1 heterocycles. The molecule has 3 nitrogen and oxygen atoms in total. The molecule has 0 bridgehead atoms. The van der Waals surface area contributed by atoms with E-state index in [0.717, 1.165) is 30.3 Å². The first-order chi connectivity index (χ1) is 14.0. The molecule has 0 atom stereocenters. The van der Waals surface area contributed by atoms with Crippen LogP contribution in [0.3, 0.4) is 0 Å². The van der Waals surface area contributed by atoms with Crippen molar-refractivity contribution in [3.8, 4) is 0 Å². The number of aromatic nitrogens is 1. The van der Waals surface area contributed by atoms with Gasteiger partial charge in [-0.2, -0.15) is 0 Å². The zero-order valence-electron chi connectivity index (χ0n) is 14.8. The zero-order chi connectivity index (χ0) is 20.4. The standard InChI is InChI=1S/C21H13BrCl2N2OS2/c22-15-5-2-1-4-13(15)20(27)25-12-8-9-18-19(10-12)29-21(26-18)28-11-14-16(23)6-3-7-17(14)24/h1-10H,11H2,(H,25,27). The van der Waals surface area contributed by atoms with Crippen molar-refractivity contribution in [3.63, 3.8) is 0 Å². The van der Waals surface area contributed by atoms with Gasteiger partial charge >= 0.3 is 0 Å². The van der Waals surface area contributed by atoms with Crippen LogP contribution in [0.1, 0.15) is 15.9 Å². The number of carbonyl (C=O) groups is 1. The second-order valence-electron chi connectivity index (χ2n) is 6.09. The van der Waals surface area contributed by atoms with E-state index in [0.29, 0.717) is 21.4 Å². The second-order valence-corrected chi connectivity index (χ2v) is 10.0. The van der Waals surface area contributed by atoms with E-state index in [4.69, 9.17) is 23.2 Å². The highest BCUT2D eigenvalue weighted by Gasteiger charge is 2.12. The number of benzene rings is 3. The normalized spacial score (nSPS) is 11.0. The predicted molar refractivity (Wildman–Crippen MR) is 128 cm³/mol. The van der Waals surface area contributed by atoms with Gasteiger partial charge in [0.2, 0.25) is 0 Å². The molecule has 4 rings (SSSR count). The summed E-state index contributed by atoms with van der Waals surface area (Å²) in [5.41, 5.74) is 3.11. The Hall–Kier alpha value is -1.57. The third-order valence-electron chi connectivity index (χ3n) is 4.15. The summed E-state index contributed by atoms with van der Waals surface area (Å²) in [6.07, 6.45) is 0. The smallest absolute Gasteiger partial charge is 0.256 e. The lowest BCUT2D eigenvalue weighted by atomic mass is 10.2. The summed E-state index contributed by atoms with van der Waals surface area (Å²) >= 11 is 19.1. The average Bonchev–Trinajstić information content (AvgIpc) is 3.10. The first kappa shape index (κ1) is 20.7. The first-order valence-corrected chi connectivity index (χ1v) is 11.9. The molecule has 0 spiro atoms. The SMILES string of the molecule is O=C(Nc1ccc2nc(SCc3c(Cl)cccc3Cl)sc2c1)c1ccccc1Br. The minimum absolute atomic E-state index is 0.163. The Morgan fingerprint density at radius 1 is 1.07 bits per heavy atom. The summed E-state index contributed by atoms with van der Waals surface area (Å²) in [6.45, 7) is 0. The predicted octanol–water partition coefficient (Wildman–Crippen LogP) is 7.91. The quantitative estimate of drug-likeness (QED) is 0.270. The van der Waals surface area contributed by atoms with Gasteiger partial charge in [0.25, 0.3) is 5.91 Å². The van der Waals surface area contributed by atoms with Crippen LogP contribution in [-0.2, 0) is 5.75 Å². The molecule has 0 saturated carbocycles. The molecule has 0 unspecified atom stereocenters. The second kappa shape index (κ2) is 9.06. The van der Waals surface area contributed by atoms with Crippen molar-refractivity contribution in [2.45, 2.75) is 10.1 Å². The van der Waals surface area contributed by atoms with E-state index >= 15 is 0 Å². The van der Waals surface area contributed by atoms with Crippen LogP contribution in [0.15, 0.2) is 69.5 Å². The Bertz CT molecular complexity index is 1190. The largest absolute Gasteiger partial charge is 0.322 e. The molecule has 3 aromatic carbocycles.